The van der Waals surface area contributed by atoms with Crippen molar-refractivity contribution in [2.45, 2.75) is 11.8 Å². The standard InChI is InChI=1S/C14H13ClFNO3S/c1-9-3-6-14(20-2)13(7-9)17-21(18,19)10-4-5-12(16)11(15)8-10/h3-8,17H,1-2H3. The van der Waals surface area contributed by atoms with Crippen LogP contribution < -0.4 is 9.46 Å². The summed E-state index contributed by atoms with van der Waals surface area (Å²) < 4.78 is 45.2. The van der Waals surface area contributed by atoms with Gasteiger partial charge in [-0.25, -0.2) is 12.8 Å². The lowest BCUT2D eigenvalue weighted by Gasteiger charge is -2.12. The van der Waals surface area contributed by atoms with Crippen LogP contribution in [0.5, 0.6) is 5.75 Å². The van der Waals surface area contributed by atoms with Gasteiger partial charge in [-0.1, -0.05) is 17.7 Å². The van der Waals surface area contributed by atoms with Gasteiger partial charge in [0.15, 0.2) is 0 Å². The Bertz CT molecular complexity index is 778. The average molecular weight is 330 g/mol. The number of methoxy groups -OCH3 is 1. The number of ether oxygens (including phenoxy) is 1. The molecule has 0 fully saturated rings. The van der Waals surface area contributed by atoms with Crippen LogP contribution in [0.15, 0.2) is 41.3 Å². The number of sulfonamides is 1. The average Bonchev–Trinajstić information content (AvgIpc) is 2.41. The fourth-order valence-electron chi connectivity index (χ4n) is 1.75. The van der Waals surface area contributed by atoms with Crippen LogP contribution in [0.4, 0.5) is 10.1 Å². The molecule has 0 unspecified atom stereocenters. The molecule has 112 valence electrons. The maximum absolute atomic E-state index is 13.1. The number of aryl methyl sites for hydroxylation is 1. The van der Waals surface area contributed by atoms with Crippen LogP contribution in [0.25, 0.3) is 0 Å². The predicted octanol–water partition coefficient (Wildman–Crippen LogP) is 3.60. The summed E-state index contributed by atoms with van der Waals surface area (Å²) in [7, 11) is -2.44. The summed E-state index contributed by atoms with van der Waals surface area (Å²) in [6.07, 6.45) is 0. The third-order valence-electron chi connectivity index (χ3n) is 2.80. The largest absolute Gasteiger partial charge is 0.495 e. The molecule has 0 aromatic heterocycles. The lowest BCUT2D eigenvalue weighted by atomic mass is 10.2. The van der Waals surface area contributed by atoms with Crippen LogP contribution in [0.3, 0.4) is 0 Å². The molecule has 0 aliphatic carbocycles. The van der Waals surface area contributed by atoms with Gasteiger partial charge >= 0.3 is 0 Å². The monoisotopic (exact) mass is 329 g/mol. The first-order chi connectivity index (χ1) is 9.83. The van der Waals surface area contributed by atoms with Gasteiger partial charge in [0.1, 0.15) is 11.6 Å². The fourth-order valence-corrected chi connectivity index (χ4v) is 3.08. The van der Waals surface area contributed by atoms with Crippen molar-refractivity contribution in [3.05, 3.63) is 52.8 Å². The molecule has 1 N–H and O–H groups in total. The Morgan fingerprint density at radius 2 is 1.90 bits per heavy atom. The lowest BCUT2D eigenvalue weighted by molar-refractivity contribution is 0.417. The Morgan fingerprint density at radius 3 is 2.52 bits per heavy atom. The highest BCUT2D eigenvalue weighted by molar-refractivity contribution is 7.92. The van der Waals surface area contributed by atoms with Crippen LogP contribution >= 0.6 is 11.6 Å². The van der Waals surface area contributed by atoms with E-state index in [0.717, 1.165) is 23.8 Å². The molecule has 0 atom stereocenters. The summed E-state index contributed by atoms with van der Waals surface area (Å²) in [5.41, 5.74) is 1.17. The van der Waals surface area contributed by atoms with Gasteiger partial charge in [-0.3, -0.25) is 4.72 Å². The summed E-state index contributed by atoms with van der Waals surface area (Å²) in [5, 5.41) is -0.255. The van der Waals surface area contributed by atoms with Gasteiger partial charge < -0.3 is 4.74 Å². The summed E-state index contributed by atoms with van der Waals surface area (Å²) in [5.74, 6) is -0.291. The number of hydrogen-bond acceptors (Lipinski definition) is 3. The van der Waals surface area contributed by atoms with Gasteiger partial charge in [-0.15, -0.1) is 0 Å². The van der Waals surface area contributed by atoms with E-state index in [-0.39, 0.29) is 9.92 Å². The Balaban J connectivity index is 2.41. The van der Waals surface area contributed by atoms with Crippen LogP contribution in [0.1, 0.15) is 5.56 Å². The van der Waals surface area contributed by atoms with E-state index in [1.54, 1.807) is 18.2 Å². The van der Waals surface area contributed by atoms with E-state index in [2.05, 4.69) is 4.72 Å². The normalized spacial score (nSPS) is 11.2. The Kier molecular flexibility index (Phi) is 4.39. The highest BCUT2D eigenvalue weighted by Crippen LogP contribution is 2.28. The first kappa shape index (κ1) is 15.6. The quantitative estimate of drug-likeness (QED) is 0.932. The van der Waals surface area contributed by atoms with Crippen molar-refractivity contribution in [2.75, 3.05) is 11.8 Å². The third-order valence-corrected chi connectivity index (χ3v) is 4.45. The summed E-state index contributed by atoms with van der Waals surface area (Å²) >= 11 is 5.61. The van der Waals surface area contributed by atoms with E-state index in [9.17, 15) is 12.8 Å². The summed E-state index contributed by atoms with van der Waals surface area (Å²) in [6, 6.07) is 8.30. The highest BCUT2D eigenvalue weighted by Gasteiger charge is 2.18. The smallest absolute Gasteiger partial charge is 0.262 e. The third kappa shape index (κ3) is 3.46. The predicted molar refractivity (Wildman–Crippen MR) is 79.9 cm³/mol. The van der Waals surface area contributed by atoms with Gasteiger partial charge in [0.05, 0.1) is 22.7 Å². The molecule has 4 nitrogen and oxygen atoms in total. The van der Waals surface area contributed by atoms with Crippen LogP contribution in [0.2, 0.25) is 5.02 Å². The Labute approximate surface area is 127 Å². The van der Waals surface area contributed by atoms with E-state index >= 15 is 0 Å². The number of anilines is 1. The van der Waals surface area contributed by atoms with Crippen molar-refractivity contribution < 1.29 is 17.5 Å². The van der Waals surface area contributed by atoms with E-state index in [1.807, 2.05) is 6.92 Å². The minimum atomic E-state index is -3.88. The molecular formula is C14H13ClFNO3S. The van der Waals surface area contributed by atoms with Crippen molar-refractivity contribution in [1.29, 1.82) is 0 Å². The zero-order valence-electron chi connectivity index (χ0n) is 11.4. The number of nitrogens with one attached hydrogen (secondary N) is 1. The first-order valence-electron chi connectivity index (χ1n) is 5.96. The fraction of sp³-hybridized carbons (Fsp3) is 0.143. The molecule has 2 rings (SSSR count). The molecule has 0 bridgehead atoms. The maximum atomic E-state index is 13.1. The molecule has 2 aromatic carbocycles. The Hall–Kier alpha value is -1.79. The second-order valence-corrected chi connectivity index (χ2v) is 6.47. The molecule has 0 aliphatic rings. The molecule has 0 radical (unpaired) electrons. The van der Waals surface area contributed by atoms with Gasteiger partial charge in [0.2, 0.25) is 0 Å². The molecule has 7 heteroatoms. The van der Waals surface area contributed by atoms with Gasteiger partial charge in [-0.05, 0) is 42.8 Å². The summed E-state index contributed by atoms with van der Waals surface area (Å²) in [4.78, 5) is -0.127. The van der Waals surface area contributed by atoms with E-state index in [4.69, 9.17) is 16.3 Å². The van der Waals surface area contributed by atoms with Crippen molar-refractivity contribution in [3.63, 3.8) is 0 Å². The number of benzene rings is 2. The number of hydrogen-bond donors (Lipinski definition) is 1. The van der Waals surface area contributed by atoms with Gasteiger partial charge in [-0.2, -0.15) is 0 Å². The second-order valence-electron chi connectivity index (χ2n) is 4.39. The summed E-state index contributed by atoms with van der Waals surface area (Å²) in [6.45, 7) is 1.83. The molecule has 0 amide bonds. The van der Waals surface area contributed by atoms with E-state index in [1.165, 1.54) is 7.11 Å². The minimum absolute atomic E-state index is 0.127. The molecule has 0 spiro atoms. The first-order valence-corrected chi connectivity index (χ1v) is 7.82. The maximum Gasteiger partial charge on any atom is 0.262 e. The number of rotatable bonds is 4. The van der Waals surface area contributed by atoms with Gasteiger partial charge in [0, 0.05) is 0 Å². The molecule has 0 heterocycles. The van der Waals surface area contributed by atoms with Crippen molar-refractivity contribution in [3.8, 4) is 5.75 Å². The SMILES string of the molecule is COc1ccc(C)cc1NS(=O)(=O)c1ccc(F)c(Cl)c1. The molecule has 0 saturated carbocycles. The second kappa shape index (κ2) is 5.91. The zero-order valence-corrected chi connectivity index (χ0v) is 12.9. The molecule has 0 aliphatic heterocycles. The zero-order chi connectivity index (χ0) is 15.6. The highest BCUT2D eigenvalue weighted by atomic mass is 35.5. The van der Waals surface area contributed by atoms with Crippen molar-refractivity contribution in [1.82, 2.24) is 0 Å². The van der Waals surface area contributed by atoms with E-state index in [0.29, 0.717) is 11.4 Å². The number of halogens is 2. The van der Waals surface area contributed by atoms with Crippen LogP contribution in [-0.2, 0) is 10.0 Å². The van der Waals surface area contributed by atoms with Crippen molar-refractivity contribution >= 4 is 27.3 Å². The molecule has 2 aromatic rings. The van der Waals surface area contributed by atoms with Crippen LogP contribution in [-0.4, -0.2) is 15.5 Å². The van der Waals surface area contributed by atoms with Crippen LogP contribution in [0, 0.1) is 12.7 Å². The van der Waals surface area contributed by atoms with E-state index < -0.39 is 15.8 Å². The van der Waals surface area contributed by atoms with Gasteiger partial charge in [0.25, 0.3) is 10.0 Å². The minimum Gasteiger partial charge on any atom is -0.495 e. The molecule has 0 saturated heterocycles. The molecule has 21 heavy (non-hydrogen) atoms. The van der Waals surface area contributed by atoms with Crippen molar-refractivity contribution in [2.24, 2.45) is 0 Å². The Morgan fingerprint density at radius 1 is 1.19 bits per heavy atom. The lowest BCUT2D eigenvalue weighted by Crippen LogP contribution is -2.14. The molecular weight excluding hydrogens is 317 g/mol. The topological polar surface area (TPSA) is 55.4 Å².